The van der Waals surface area contributed by atoms with Crippen LogP contribution in [0.15, 0.2) is 0 Å². The third-order valence-corrected chi connectivity index (χ3v) is 2.45. The highest BCUT2D eigenvalue weighted by Gasteiger charge is 2.31. The predicted molar refractivity (Wildman–Crippen MR) is 70.2 cm³/mol. The van der Waals surface area contributed by atoms with Crippen molar-refractivity contribution in [3.8, 4) is 0 Å². The number of aliphatic carboxylic acids is 1. The first kappa shape index (κ1) is 18.2. The van der Waals surface area contributed by atoms with Crippen LogP contribution in [0.2, 0.25) is 0 Å². The number of amides is 2. The first-order valence-corrected chi connectivity index (χ1v) is 6.38. The lowest BCUT2D eigenvalue weighted by Crippen LogP contribution is -2.51. The molecule has 20 heavy (non-hydrogen) atoms. The molecule has 0 radical (unpaired) electrons. The first-order chi connectivity index (χ1) is 9.24. The summed E-state index contributed by atoms with van der Waals surface area (Å²) in [5, 5.41) is 20.5. The molecule has 0 saturated heterocycles. The maximum Gasteiger partial charge on any atom is 0.337 e. The van der Waals surface area contributed by atoms with E-state index in [-0.39, 0.29) is 13.2 Å². The van der Waals surface area contributed by atoms with Crippen molar-refractivity contribution in [3.05, 3.63) is 0 Å². The largest absolute Gasteiger partial charge is 0.479 e. The van der Waals surface area contributed by atoms with Crippen molar-refractivity contribution < 1.29 is 29.3 Å². The minimum Gasteiger partial charge on any atom is -0.479 e. The Morgan fingerprint density at radius 2 is 1.90 bits per heavy atom. The summed E-state index contributed by atoms with van der Waals surface area (Å²) in [6.07, 6.45) is 0.627. The van der Waals surface area contributed by atoms with Crippen LogP contribution in [0.4, 0.5) is 4.79 Å². The first-order valence-electron chi connectivity index (χ1n) is 6.38. The van der Waals surface area contributed by atoms with Gasteiger partial charge in [-0.3, -0.25) is 4.79 Å². The Kier molecular flexibility index (Phi) is 7.60. The van der Waals surface area contributed by atoms with Gasteiger partial charge in [0.05, 0.1) is 13.2 Å². The topological polar surface area (TPSA) is 116 Å². The van der Waals surface area contributed by atoms with E-state index in [1.165, 1.54) is 4.90 Å². The fraction of sp³-hybridized carbons (Fsp3) is 0.750. The van der Waals surface area contributed by atoms with E-state index in [0.29, 0.717) is 13.0 Å². The number of esters is 1. The maximum absolute atomic E-state index is 11.8. The number of hydrogen-bond acceptors (Lipinski definition) is 5. The number of urea groups is 1. The summed E-state index contributed by atoms with van der Waals surface area (Å²) >= 11 is 0. The van der Waals surface area contributed by atoms with E-state index < -0.39 is 30.1 Å². The summed E-state index contributed by atoms with van der Waals surface area (Å²) in [6, 6.07) is -0.624. The van der Waals surface area contributed by atoms with E-state index in [1.54, 1.807) is 6.92 Å². The highest BCUT2D eigenvalue weighted by atomic mass is 16.5. The van der Waals surface area contributed by atoms with Gasteiger partial charge in [-0.05, 0) is 20.3 Å². The van der Waals surface area contributed by atoms with Gasteiger partial charge in [0, 0.05) is 6.54 Å². The summed E-state index contributed by atoms with van der Waals surface area (Å²) in [6.45, 7) is 4.43. The number of ether oxygens (including phenoxy) is 1. The Hall–Kier alpha value is -1.83. The monoisotopic (exact) mass is 290 g/mol. The highest BCUT2D eigenvalue weighted by Crippen LogP contribution is 2.02. The number of aliphatic hydroxyl groups is 1. The highest BCUT2D eigenvalue weighted by molar-refractivity contribution is 5.82. The minimum absolute atomic E-state index is 0.216. The molecule has 1 unspecified atom stereocenters. The number of hydrogen-bond donors (Lipinski definition) is 3. The lowest BCUT2D eigenvalue weighted by atomic mass is 10.1. The Balaban J connectivity index is 4.50. The molecular weight excluding hydrogens is 268 g/mol. The number of carboxylic acid groups (broad SMARTS) is 1. The fourth-order valence-corrected chi connectivity index (χ4v) is 1.32. The Bertz CT molecular complexity index is 356. The second-order valence-corrected chi connectivity index (χ2v) is 4.46. The summed E-state index contributed by atoms with van der Waals surface area (Å²) in [4.78, 5) is 35.1. The average molecular weight is 290 g/mol. The number of carbonyl (C=O) groups is 3. The van der Waals surface area contributed by atoms with Crippen LogP contribution in [0.3, 0.4) is 0 Å². The molecule has 0 fully saturated rings. The molecule has 2 amide bonds. The van der Waals surface area contributed by atoms with Gasteiger partial charge in [-0.1, -0.05) is 6.92 Å². The molecule has 8 nitrogen and oxygen atoms in total. The molecule has 116 valence electrons. The standard InChI is InChI=1S/C12H22N2O6/c1-4-6-14(7-9(15)20-5-2)11(18)13-8-12(3,19)10(16)17/h19H,4-8H2,1-3H3,(H,13,18)(H,16,17). The Labute approximate surface area is 117 Å². The maximum atomic E-state index is 11.8. The Morgan fingerprint density at radius 1 is 1.30 bits per heavy atom. The van der Waals surface area contributed by atoms with Crippen LogP contribution < -0.4 is 5.32 Å². The smallest absolute Gasteiger partial charge is 0.337 e. The molecule has 0 aliphatic carbocycles. The van der Waals surface area contributed by atoms with Crippen LogP contribution in [0.5, 0.6) is 0 Å². The lowest BCUT2D eigenvalue weighted by Gasteiger charge is -2.24. The van der Waals surface area contributed by atoms with Crippen molar-refractivity contribution in [2.45, 2.75) is 32.8 Å². The third-order valence-electron chi connectivity index (χ3n) is 2.45. The Morgan fingerprint density at radius 3 is 2.35 bits per heavy atom. The number of nitrogens with zero attached hydrogens (tertiary/aromatic N) is 1. The summed E-state index contributed by atoms with van der Waals surface area (Å²) in [7, 11) is 0. The van der Waals surface area contributed by atoms with Crippen LogP contribution >= 0.6 is 0 Å². The molecule has 8 heteroatoms. The van der Waals surface area contributed by atoms with Gasteiger partial charge in [0.2, 0.25) is 0 Å². The minimum atomic E-state index is -2.06. The third kappa shape index (κ3) is 6.37. The molecule has 0 aliphatic heterocycles. The van der Waals surface area contributed by atoms with Crippen LogP contribution in [-0.4, -0.2) is 64.9 Å². The molecule has 0 rings (SSSR count). The molecule has 3 N–H and O–H groups in total. The number of nitrogens with one attached hydrogen (secondary N) is 1. The van der Waals surface area contributed by atoms with Gasteiger partial charge < -0.3 is 25.2 Å². The van der Waals surface area contributed by atoms with Crippen molar-refractivity contribution >= 4 is 18.0 Å². The molecule has 0 aliphatic rings. The van der Waals surface area contributed by atoms with E-state index in [9.17, 15) is 19.5 Å². The summed E-state index contributed by atoms with van der Waals surface area (Å²) in [5.41, 5.74) is -2.06. The van der Waals surface area contributed by atoms with E-state index >= 15 is 0 Å². The van der Waals surface area contributed by atoms with Gasteiger partial charge in [-0.25, -0.2) is 9.59 Å². The molecule has 1 atom stereocenters. The molecule has 0 aromatic carbocycles. The van der Waals surface area contributed by atoms with Gasteiger partial charge in [0.15, 0.2) is 5.60 Å². The quantitative estimate of drug-likeness (QED) is 0.533. The molecule has 0 aromatic heterocycles. The van der Waals surface area contributed by atoms with Gasteiger partial charge in [0.25, 0.3) is 0 Å². The summed E-state index contributed by atoms with van der Waals surface area (Å²) in [5.74, 6) is -1.98. The van der Waals surface area contributed by atoms with Crippen molar-refractivity contribution in [2.75, 3.05) is 26.2 Å². The molecule has 0 saturated carbocycles. The van der Waals surface area contributed by atoms with E-state index in [0.717, 1.165) is 6.92 Å². The summed E-state index contributed by atoms with van der Waals surface area (Å²) < 4.78 is 4.75. The molecule has 0 bridgehead atoms. The van der Waals surface area contributed by atoms with Gasteiger partial charge in [0.1, 0.15) is 6.54 Å². The van der Waals surface area contributed by atoms with Gasteiger partial charge in [-0.2, -0.15) is 0 Å². The molecule has 0 aromatic rings. The van der Waals surface area contributed by atoms with Crippen LogP contribution in [-0.2, 0) is 14.3 Å². The lowest BCUT2D eigenvalue weighted by molar-refractivity contribution is -0.155. The second-order valence-electron chi connectivity index (χ2n) is 4.46. The molecule has 0 spiro atoms. The zero-order valence-electron chi connectivity index (χ0n) is 12.0. The normalized spacial score (nSPS) is 13.2. The predicted octanol–water partition coefficient (Wildman–Crippen LogP) is -0.193. The van der Waals surface area contributed by atoms with Crippen molar-refractivity contribution in [1.82, 2.24) is 10.2 Å². The van der Waals surface area contributed by atoms with Gasteiger partial charge >= 0.3 is 18.0 Å². The molecule has 0 heterocycles. The van der Waals surface area contributed by atoms with Crippen LogP contribution in [0.25, 0.3) is 0 Å². The SMILES string of the molecule is CCCN(CC(=O)OCC)C(=O)NCC(C)(O)C(=O)O. The molecular formula is C12H22N2O6. The fourth-order valence-electron chi connectivity index (χ4n) is 1.32. The number of carbonyl (C=O) groups excluding carboxylic acids is 2. The zero-order valence-corrected chi connectivity index (χ0v) is 12.0. The van der Waals surface area contributed by atoms with Crippen molar-refractivity contribution in [3.63, 3.8) is 0 Å². The second kappa shape index (κ2) is 8.36. The van der Waals surface area contributed by atoms with E-state index in [4.69, 9.17) is 9.84 Å². The van der Waals surface area contributed by atoms with Crippen LogP contribution in [0, 0.1) is 0 Å². The van der Waals surface area contributed by atoms with Gasteiger partial charge in [-0.15, -0.1) is 0 Å². The van der Waals surface area contributed by atoms with Crippen molar-refractivity contribution in [2.24, 2.45) is 0 Å². The zero-order chi connectivity index (χ0) is 15.8. The van der Waals surface area contributed by atoms with E-state index in [2.05, 4.69) is 5.32 Å². The van der Waals surface area contributed by atoms with Crippen LogP contribution in [0.1, 0.15) is 27.2 Å². The number of carboxylic acids is 1. The number of rotatable bonds is 8. The van der Waals surface area contributed by atoms with Crippen molar-refractivity contribution in [1.29, 1.82) is 0 Å². The van der Waals surface area contributed by atoms with E-state index in [1.807, 2.05) is 6.92 Å². The average Bonchev–Trinajstić information content (AvgIpc) is 2.35.